The molecule has 0 spiro atoms. The normalized spacial score (nSPS) is 22.8. The van der Waals surface area contributed by atoms with Crippen molar-refractivity contribution in [3.63, 3.8) is 0 Å². The number of hydrogen-bond acceptors (Lipinski definition) is 3. The van der Waals surface area contributed by atoms with Crippen LogP contribution in [0, 0.1) is 0 Å². The molecule has 4 rings (SSSR count). The summed E-state index contributed by atoms with van der Waals surface area (Å²) in [5, 5.41) is 0. The Balaban J connectivity index is 1.45. The maximum Gasteiger partial charge on any atom is 0.184 e. The highest BCUT2D eigenvalue weighted by Crippen LogP contribution is 2.32. The largest absolute Gasteiger partial charge is 0.345 e. The van der Waals surface area contributed by atoms with Crippen LogP contribution in [0.3, 0.4) is 0 Å². The van der Waals surface area contributed by atoms with Gasteiger partial charge in [-0.05, 0) is 30.5 Å². The lowest BCUT2D eigenvalue weighted by Crippen LogP contribution is -2.37. The number of rotatable bonds is 7. The van der Waals surface area contributed by atoms with Crippen LogP contribution in [-0.4, -0.2) is 22.2 Å². The summed E-state index contributed by atoms with van der Waals surface area (Å²) in [5.74, 6) is 0.485. The Bertz CT molecular complexity index is 899. The van der Waals surface area contributed by atoms with Gasteiger partial charge in [0, 0.05) is 16.9 Å². The molecule has 1 heterocycles. The molecule has 4 atom stereocenters. The van der Waals surface area contributed by atoms with Gasteiger partial charge in [0.2, 0.25) is 0 Å². The molecule has 0 amide bonds. The first-order valence-corrected chi connectivity index (χ1v) is 11.4. The van der Waals surface area contributed by atoms with Crippen LogP contribution >= 0.6 is 0 Å². The van der Waals surface area contributed by atoms with Gasteiger partial charge in [-0.25, -0.2) is 0 Å². The van der Waals surface area contributed by atoms with E-state index in [9.17, 15) is 4.21 Å². The first-order valence-electron chi connectivity index (χ1n) is 10.1. The van der Waals surface area contributed by atoms with Crippen LogP contribution in [0.2, 0.25) is 0 Å². The Hall–Kier alpha value is -2.27. The molecule has 0 N–H and O–H groups in total. The average Bonchev–Trinajstić information content (AvgIpc) is 2.79. The van der Waals surface area contributed by atoms with Crippen molar-refractivity contribution in [1.82, 2.24) is 0 Å². The summed E-state index contributed by atoms with van der Waals surface area (Å²) in [6.07, 6.45) is 2.20. The predicted octanol–water partition coefficient (Wildman–Crippen LogP) is 5.30. The third-order valence-electron chi connectivity index (χ3n) is 5.17. The molecule has 29 heavy (non-hydrogen) atoms. The van der Waals surface area contributed by atoms with Gasteiger partial charge >= 0.3 is 0 Å². The van der Waals surface area contributed by atoms with Gasteiger partial charge < -0.3 is 9.47 Å². The van der Waals surface area contributed by atoms with Crippen molar-refractivity contribution in [3.05, 3.63) is 102 Å². The van der Waals surface area contributed by atoms with Crippen LogP contribution in [0.5, 0.6) is 0 Å². The van der Waals surface area contributed by atoms with Crippen molar-refractivity contribution in [2.24, 2.45) is 0 Å². The Morgan fingerprint density at radius 1 is 0.759 bits per heavy atom. The molecule has 0 saturated carbocycles. The summed E-state index contributed by atoms with van der Waals surface area (Å²) in [6, 6.07) is 30.1. The molecule has 3 aromatic carbocycles. The first-order chi connectivity index (χ1) is 14.3. The van der Waals surface area contributed by atoms with E-state index in [0.29, 0.717) is 5.75 Å². The van der Waals surface area contributed by atoms with Crippen LogP contribution < -0.4 is 0 Å². The molecule has 3 nitrogen and oxygen atoms in total. The Morgan fingerprint density at radius 3 is 2.03 bits per heavy atom. The molecule has 3 aromatic rings. The SMILES string of the molecule is O=S(C[C@H]1C[C@@H](CCc2ccccc2)O[C@@H](c2ccccc2)O1)c1ccccc1. The third kappa shape index (κ3) is 5.63. The average molecular weight is 407 g/mol. The van der Waals surface area contributed by atoms with E-state index in [4.69, 9.17) is 9.47 Å². The number of benzene rings is 3. The number of hydrogen-bond donors (Lipinski definition) is 0. The van der Waals surface area contributed by atoms with E-state index >= 15 is 0 Å². The van der Waals surface area contributed by atoms with E-state index in [0.717, 1.165) is 29.7 Å². The van der Waals surface area contributed by atoms with E-state index in [-0.39, 0.29) is 12.2 Å². The van der Waals surface area contributed by atoms with Crippen molar-refractivity contribution in [2.45, 2.75) is 42.7 Å². The lowest BCUT2D eigenvalue weighted by Gasteiger charge is -2.36. The van der Waals surface area contributed by atoms with Crippen molar-refractivity contribution >= 4 is 10.8 Å². The smallest absolute Gasteiger partial charge is 0.184 e. The summed E-state index contributed by atoms with van der Waals surface area (Å²) >= 11 is 0. The fourth-order valence-electron chi connectivity index (χ4n) is 3.66. The molecule has 4 heteroatoms. The molecular weight excluding hydrogens is 380 g/mol. The summed E-state index contributed by atoms with van der Waals surface area (Å²) in [7, 11) is -1.09. The van der Waals surface area contributed by atoms with E-state index in [1.54, 1.807) is 0 Å². The minimum Gasteiger partial charge on any atom is -0.345 e. The Labute approximate surface area is 175 Å². The molecule has 0 aromatic heterocycles. The maximum absolute atomic E-state index is 12.8. The van der Waals surface area contributed by atoms with Crippen LogP contribution in [-0.2, 0) is 26.7 Å². The van der Waals surface area contributed by atoms with Crippen LogP contribution in [0.25, 0.3) is 0 Å². The van der Waals surface area contributed by atoms with Gasteiger partial charge in [-0.15, -0.1) is 0 Å². The monoisotopic (exact) mass is 406 g/mol. The summed E-state index contributed by atoms with van der Waals surface area (Å²) in [5.41, 5.74) is 2.32. The number of ether oxygens (including phenoxy) is 2. The standard InChI is InChI=1S/C25H26O3S/c26-29(24-14-8-3-9-15-24)19-23-18-22(17-16-20-10-4-1-5-11-20)27-25(28-23)21-12-6-2-7-13-21/h1-15,22-23,25H,16-19H2/t22-,23-,25-,29?/m1/s1. The fourth-order valence-corrected chi connectivity index (χ4v) is 4.86. The topological polar surface area (TPSA) is 35.5 Å². The zero-order chi connectivity index (χ0) is 19.9. The highest BCUT2D eigenvalue weighted by molar-refractivity contribution is 7.85. The van der Waals surface area contributed by atoms with Gasteiger partial charge in [-0.3, -0.25) is 4.21 Å². The predicted molar refractivity (Wildman–Crippen MR) is 116 cm³/mol. The lowest BCUT2D eigenvalue weighted by molar-refractivity contribution is -0.243. The van der Waals surface area contributed by atoms with Crippen molar-refractivity contribution in [1.29, 1.82) is 0 Å². The fraction of sp³-hybridized carbons (Fsp3) is 0.280. The van der Waals surface area contributed by atoms with E-state index in [1.807, 2.05) is 66.7 Å². The lowest BCUT2D eigenvalue weighted by atomic mass is 10.0. The van der Waals surface area contributed by atoms with Crippen molar-refractivity contribution in [3.8, 4) is 0 Å². The highest BCUT2D eigenvalue weighted by Gasteiger charge is 2.32. The van der Waals surface area contributed by atoms with Crippen molar-refractivity contribution in [2.75, 3.05) is 5.75 Å². The molecule has 1 fully saturated rings. The quantitative estimate of drug-likeness (QED) is 0.534. The minimum absolute atomic E-state index is 0.0759. The van der Waals surface area contributed by atoms with Gasteiger partial charge in [-0.2, -0.15) is 0 Å². The second kappa shape index (κ2) is 9.97. The van der Waals surface area contributed by atoms with E-state index < -0.39 is 17.1 Å². The zero-order valence-corrected chi connectivity index (χ0v) is 17.2. The van der Waals surface area contributed by atoms with Gasteiger partial charge in [0.1, 0.15) is 0 Å². The third-order valence-corrected chi connectivity index (χ3v) is 6.64. The van der Waals surface area contributed by atoms with Gasteiger partial charge in [0.15, 0.2) is 6.29 Å². The molecule has 1 unspecified atom stereocenters. The molecule has 0 bridgehead atoms. The second-order valence-corrected chi connectivity index (χ2v) is 8.84. The van der Waals surface area contributed by atoms with Gasteiger partial charge in [0.05, 0.1) is 28.8 Å². The summed E-state index contributed by atoms with van der Waals surface area (Å²) in [6.45, 7) is 0. The maximum atomic E-state index is 12.8. The molecule has 0 aliphatic carbocycles. The van der Waals surface area contributed by atoms with E-state index in [2.05, 4.69) is 24.3 Å². The zero-order valence-electron chi connectivity index (χ0n) is 16.4. The van der Waals surface area contributed by atoms with Crippen LogP contribution in [0.4, 0.5) is 0 Å². The Morgan fingerprint density at radius 2 is 1.34 bits per heavy atom. The van der Waals surface area contributed by atoms with Gasteiger partial charge in [0.25, 0.3) is 0 Å². The van der Waals surface area contributed by atoms with Crippen LogP contribution in [0.15, 0.2) is 95.9 Å². The van der Waals surface area contributed by atoms with E-state index in [1.165, 1.54) is 5.56 Å². The molecular formula is C25H26O3S. The molecule has 1 saturated heterocycles. The molecule has 0 radical (unpaired) electrons. The molecule has 1 aliphatic rings. The van der Waals surface area contributed by atoms with Gasteiger partial charge in [-0.1, -0.05) is 78.9 Å². The Kier molecular flexibility index (Phi) is 6.88. The molecule has 150 valence electrons. The highest BCUT2D eigenvalue weighted by atomic mass is 32.2. The number of aryl methyl sites for hydroxylation is 1. The minimum atomic E-state index is -1.09. The first kappa shape index (κ1) is 20.0. The van der Waals surface area contributed by atoms with Crippen LogP contribution in [0.1, 0.15) is 30.3 Å². The van der Waals surface area contributed by atoms with Crippen molar-refractivity contribution < 1.29 is 13.7 Å². The summed E-state index contributed by atoms with van der Waals surface area (Å²) in [4.78, 5) is 0.847. The second-order valence-electron chi connectivity index (χ2n) is 7.34. The molecule has 1 aliphatic heterocycles. The summed E-state index contributed by atoms with van der Waals surface area (Å²) < 4.78 is 25.4.